The van der Waals surface area contributed by atoms with Crippen LogP contribution < -0.4 is 0 Å². The van der Waals surface area contributed by atoms with Gasteiger partial charge in [-0.3, -0.25) is 9.78 Å². The van der Waals surface area contributed by atoms with Crippen LogP contribution in [0, 0.1) is 11.6 Å². The molecular formula is C25H28F2N6O3. The predicted octanol–water partition coefficient (Wildman–Crippen LogP) is 4.19. The van der Waals surface area contributed by atoms with Crippen molar-refractivity contribution in [2.45, 2.75) is 51.7 Å². The van der Waals surface area contributed by atoms with E-state index in [1.165, 1.54) is 4.90 Å². The number of benzene rings is 1. The molecule has 4 heterocycles. The molecule has 2 fully saturated rings. The maximum Gasteiger partial charge on any atom is 0.410 e. The summed E-state index contributed by atoms with van der Waals surface area (Å²) in [6.45, 7) is 5.81. The third-order valence-electron chi connectivity index (χ3n) is 6.72. The number of hydrogen-bond donors (Lipinski definition) is 0. The average Bonchev–Trinajstić information content (AvgIpc) is 3.54. The molecule has 2 amide bonds. The van der Waals surface area contributed by atoms with Crippen LogP contribution in [0.25, 0.3) is 22.3 Å². The molecule has 2 aromatic heterocycles. The fourth-order valence-electron chi connectivity index (χ4n) is 4.82. The number of amides is 2. The first-order valence-electron chi connectivity index (χ1n) is 12.3. The van der Waals surface area contributed by atoms with Gasteiger partial charge in [0.25, 0.3) is 5.91 Å². The number of halogens is 2. The lowest BCUT2D eigenvalue weighted by atomic mass is 10.0. The summed E-state index contributed by atoms with van der Waals surface area (Å²) < 4.78 is 36.8. The first-order valence-corrected chi connectivity index (χ1v) is 12.3. The van der Waals surface area contributed by atoms with E-state index >= 15 is 0 Å². The van der Waals surface area contributed by atoms with Gasteiger partial charge in [-0.25, -0.2) is 18.3 Å². The highest BCUT2D eigenvalue weighted by Gasteiger charge is 2.28. The van der Waals surface area contributed by atoms with Gasteiger partial charge in [0.05, 0.1) is 29.6 Å². The van der Waals surface area contributed by atoms with E-state index in [1.54, 1.807) is 21.8 Å². The molecule has 0 atom stereocenters. The fraction of sp³-hybridized carbons (Fsp3) is 0.480. The van der Waals surface area contributed by atoms with Crippen LogP contribution in [0.5, 0.6) is 0 Å². The minimum Gasteiger partial charge on any atom is -0.447 e. The number of piperidine rings is 1. The molecule has 0 radical (unpaired) electrons. The van der Waals surface area contributed by atoms with Crippen LogP contribution in [0.3, 0.4) is 0 Å². The summed E-state index contributed by atoms with van der Waals surface area (Å²) in [4.78, 5) is 32.3. The highest BCUT2D eigenvalue weighted by atomic mass is 19.1. The summed E-state index contributed by atoms with van der Waals surface area (Å²) in [5, 5.41) is 8.48. The van der Waals surface area contributed by atoms with Crippen LogP contribution in [0.1, 0.15) is 55.9 Å². The maximum absolute atomic E-state index is 15.0. The predicted molar refractivity (Wildman–Crippen MR) is 127 cm³/mol. The van der Waals surface area contributed by atoms with Crippen LogP contribution in [0.15, 0.2) is 24.4 Å². The van der Waals surface area contributed by atoms with Crippen molar-refractivity contribution in [3.05, 3.63) is 41.6 Å². The number of likely N-dealkylation sites (tertiary alicyclic amines) is 2. The third kappa shape index (κ3) is 4.61. The molecule has 2 aliphatic heterocycles. The van der Waals surface area contributed by atoms with Gasteiger partial charge < -0.3 is 14.5 Å². The van der Waals surface area contributed by atoms with Gasteiger partial charge >= 0.3 is 6.09 Å². The third-order valence-corrected chi connectivity index (χ3v) is 6.72. The molecule has 3 aromatic rings. The van der Waals surface area contributed by atoms with E-state index in [1.807, 2.05) is 13.8 Å². The summed E-state index contributed by atoms with van der Waals surface area (Å²) in [6.07, 6.45) is 4.14. The second-order valence-corrected chi connectivity index (χ2v) is 9.55. The van der Waals surface area contributed by atoms with Crippen LogP contribution >= 0.6 is 0 Å². The smallest absolute Gasteiger partial charge is 0.410 e. The van der Waals surface area contributed by atoms with E-state index in [-0.39, 0.29) is 35.1 Å². The normalized spacial score (nSPS) is 16.8. The Labute approximate surface area is 207 Å². The van der Waals surface area contributed by atoms with Crippen molar-refractivity contribution in [3.63, 3.8) is 0 Å². The molecule has 0 spiro atoms. The molecular weight excluding hydrogens is 470 g/mol. The van der Waals surface area contributed by atoms with Crippen molar-refractivity contribution in [1.82, 2.24) is 29.8 Å². The standard InChI is InChI=1S/C25H28F2N6O3/c1-15(2)36-25(35)32-9-5-16(6-10-32)33-23-14-28-21(13-22(23)29-30-33)17-11-20(27)18(12-19(17)26)24(34)31-7-3-4-8-31/h11-16H,3-10H2,1-2H3. The highest BCUT2D eigenvalue weighted by Crippen LogP contribution is 2.30. The SMILES string of the molecule is CC(C)OC(=O)N1CCC(n2nnc3cc(-c4cc(F)c(C(=O)N5CCCC5)cc4F)ncc32)CC1. The Bertz CT molecular complexity index is 1300. The van der Waals surface area contributed by atoms with Crippen molar-refractivity contribution < 1.29 is 23.1 Å². The van der Waals surface area contributed by atoms with E-state index in [2.05, 4.69) is 15.3 Å². The average molecular weight is 499 g/mol. The van der Waals surface area contributed by atoms with Crippen molar-refractivity contribution in [2.24, 2.45) is 0 Å². The van der Waals surface area contributed by atoms with Crippen LogP contribution in [-0.4, -0.2) is 74.1 Å². The number of pyridine rings is 1. The highest BCUT2D eigenvalue weighted by molar-refractivity contribution is 5.95. The number of ether oxygens (including phenoxy) is 1. The molecule has 0 bridgehead atoms. The number of nitrogens with zero attached hydrogens (tertiary/aromatic N) is 6. The summed E-state index contributed by atoms with van der Waals surface area (Å²) in [5.74, 6) is -2.00. The Morgan fingerprint density at radius 3 is 2.42 bits per heavy atom. The largest absolute Gasteiger partial charge is 0.447 e. The topological polar surface area (TPSA) is 93.4 Å². The molecule has 0 saturated carbocycles. The Hall–Kier alpha value is -3.63. The lowest BCUT2D eigenvalue weighted by Crippen LogP contribution is -2.40. The van der Waals surface area contributed by atoms with Crippen molar-refractivity contribution >= 4 is 23.0 Å². The van der Waals surface area contributed by atoms with Crippen LogP contribution in [0.2, 0.25) is 0 Å². The lowest BCUT2D eigenvalue weighted by molar-refractivity contribution is 0.0654. The molecule has 2 saturated heterocycles. The van der Waals surface area contributed by atoms with Crippen molar-refractivity contribution in [2.75, 3.05) is 26.2 Å². The number of carbonyl (C=O) groups excluding carboxylic acids is 2. The van der Waals surface area contributed by atoms with Crippen LogP contribution in [-0.2, 0) is 4.74 Å². The molecule has 190 valence electrons. The second-order valence-electron chi connectivity index (χ2n) is 9.55. The zero-order valence-corrected chi connectivity index (χ0v) is 20.3. The van der Waals surface area contributed by atoms with Gasteiger partial charge in [0.1, 0.15) is 22.7 Å². The summed E-state index contributed by atoms with van der Waals surface area (Å²) >= 11 is 0. The summed E-state index contributed by atoms with van der Waals surface area (Å²) in [6, 6.07) is 3.55. The first kappa shape index (κ1) is 24.1. The van der Waals surface area contributed by atoms with Gasteiger partial charge in [-0.1, -0.05) is 5.21 Å². The number of fused-ring (bicyclic) bond motifs is 1. The maximum atomic E-state index is 15.0. The quantitative estimate of drug-likeness (QED) is 0.536. The molecule has 5 rings (SSSR count). The minimum atomic E-state index is -0.781. The molecule has 9 nitrogen and oxygen atoms in total. The van der Waals surface area contributed by atoms with Gasteiger partial charge in [-0.05, 0) is 57.7 Å². The van der Waals surface area contributed by atoms with E-state index in [0.717, 1.165) is 25.0 Å². The second kappa shape index (κ2) is 9.79. The number of aromatic nitrogens is 4. The lowest BCUT2D eigenvalue weighted by Gasteiger charge is -2.31. The monoisotopic (exact) mass is 498 g/mol. The molecule has 0 aliphatic carbocycles. The Morgan fingerprint density at radius 1 is 1.00 bits per heavy atom. The van der Waals surface area contributed by atoms with Gasteiger partial charge in [0.2, 0.25) is 0 Å². The minimum absolute atomic E-state index is 0.0239. The van der Waals surface area contributed by atoms with E-state index in [0.29, 0.717) is 50.1 Å². The molecule has 1 aromatic carbocycles. The summed E-state index contributed by atoms with van der Waals surface area (Å²) in [7, 11) is 0. The van der Waals surface area contributed by atoms with Crippen molar-refractivity contribution in [1.29, 1.82) is 0 Å². The fourth-order valence-corrected chi connectivity index (χ4v) is 4.82. The Kier molecular flexibility index (Phi) is 6.55. The molecule has 2 aliphatic rings. The van der Waals surface area contributed by atoms with E-state index in [9.17, 15) is 18.4 Å². The van der Waals surface area contributed by atoms with Gasteiger partial charge in [0, 0.05) is 31.7 Å². The van der Waals surface area contributed by atoms with Crippen LogP contribution in [0.4, 0.5) is 13.6 Å². The van der Waals surface area contributed by atoms with E-state index < -0.39 is 17.5 Å². The zero-order chi connectivity index (χ0) is 25.4. The Balaban J connectivity index is 1.34. The zero-order valence-electron chi connectivity index (χ0n) is 20.3. The molecule has 36 heavy (non-hydrogen) atoms. The number of rotatable bonds is 4. The summed E-state index contributed by atoms with van der Waals surface area (Å²) in [5.41, 5.74) is 1.06. The molecule has 11 heteroatoms. The van der Waals surface area contributed by atoms with Crippen molar-refractivity contribution in [3.8, 4) is 11.3 Å². The Morgan fingerprint density at radius 2 is 1.72 bits per heavy atom. The number of hydrogen-bond acceptors (Lipinski definition) is 6. The molecule has 0 unspecified atom stereocenters. The van der Waals surface area contributed by atoms with Gasteiger partial charge in [-0.15, -0.1) is 5.10 Å². The van der Waals surface area contributed by atoms with Gasteiger partial charge in [-0.2, -0.15) is 0 Å². The van der Waals surface area contributed by atoms with Gasteiger partial charge in [0.15, 0.2) is 0 Å². The number of carbonyl (C=O) groups is 2. The molecule has 0 N–H and O–H groups in total. The first-order chi connectivity index (χ1) is 17.3. The van der Waals surface area contributed by atoms with E-state index in [4.69, 9.17) is 4.74 Å².